The molecule has 1 saturated heterocycles. The maximum Gasteiger partial charge on any atom is 0.419 e. The Labute approximate surface area is 137 Å². The number of aryl methyl sites for hydroxylation is 1. The van der Waals surface area contributed by atoms with Crippen molar-refractivity contribution in [2.75, 3.05) is 13.1 Å². The van der Waals surface area contributed by atoms with Crippen LogP contribution in [0.15, 0.2) is 39.8 Å². The first-order valence-corrected chi connectivity index (χ1v) is 7.94. The number of likely N-dealkylation sites (tertiary alicyclic amines) is 1. The van der Waals surface area contributed by atoms with Gasteiger partial charge in [0, 0.05) is 32.0 Å². The standard InChI is InChI=1S/C16H17N5O3/c22-14(20-7-5-11(9-20)15-17-10-18-19-15)6-8-21-12-3-1-2-4-13(12)24-16(21)23/h1-4,10-11H,5-9H2,(H,17,18,19). The third kappa shape index (κ3) is 2.60. The minimum atomic E-state index is -0.426. The Morgan fingerprint density at radius 1 is 1.38 bits per heavy atom. The molecule has 8 heteroatoms. The minimum Gasteiger partial charge on any atom is -0.408 e. The van der Waals surface area contributed by atoms with Gasteiger partial charge in [-0.1, -0.05) is 12.1 Å². The lowest BCUT2D eigenvalue weighted by Crippen LogP contribution is -2.30. The van der Waals surface area contributed by atoms with E-state index in [1.807, 2.05) is 23.1 Å². The quantitative estimate of drug-likeness (QED) is 0.774. The number of nitrogens with one attached hydrogen (secondary N) is 1. The molecule has 1 atom stereocenters. The fourth-order valence-corrected chi connectivity index (χ4v) is 3.21. The van der Waals surface area contributed by atoms with Gasteiger partial charge in [0.15, 0.2) is 5.58 Å². The van der Waals surface area contributed by atoms with Crippen molar-refractivity contribution in [2.24, 2.45) is 0 Å². The number of para-hydroxylation sites is 2. The molecule has 0 saturated carbocycles. The number of hydrogen-bond donors (Lipinski definition) is 1. The lowest BCUT2D eigenvalue weighted by Gasteiger charge is -2.16. The first kappa shape index (κ1) is 14.7. The topological polar surface area (TPSA) is 97.0 Å². The van der Waals surface area contributed by atoms with Crippen molar-refractivity contribution in [3.8, 4) is 0 Å². The molecule has 124 valence electrons. The van der Waals surface area contributed by atoms with Crippen LogP contribution in [0.5, 0.6) is 0 Å². The van der Waals surface area contributed by atoms with Crippen molar-refractivity contribution in [3.05, 3.63) is 47.0 Å². The molecular weight excluding hydrogens is 310 g/mol. The Morgan fingerprint density at radius 2 is 2.25 bits per heavy atom. The predicted octanol–water partition coefficient (Wildman–Crippen LogP) is 1.12. The third-order valence-corrected chi connectivity index (χ3v) is 4.48. The molecule has 0 bridgehead atoms. The van der Waals surface area contributed by atoms with Gasteiger partial charge in [0.05, 0.1) is 5.52 Å². The number of aromatic nitrogens is 4. The van der Waals surface area contributed by atoms with Gasteiger partial charge >= 0.3 is 5.76 Å². The fourth-order valence-electron chi connectivity index (χ4n) is 3.21. The maximum atomic E-state index is 12.4. The van der Waals surface area contributed by atoms with Gasteiger partial charge in [0.2, 0.25) is 5.91 Å². The number of oxazole rings is 1. The molecule has 3 aromatic rings. The van der Waals surface area contributed by atoms with E-state index in [1.54, 1.807) is 6.07 Å². The SMILES string of the molecule is O=C(CCn1c(=O)oc2ccccc21)N1CCC(c2ncn[nH]2)C1. The van der Waals surface area contributed by atoms with Crippen LogP contribution in [-0.4, -0.2) is 43.6 Å². The largest absolute Gasteiger partial charge is 0.419 e. The highest BCUT2D eigenvalue weighted by atomic mass is 16.4. The van der Waals surface area contributed by atoms with Gasteiger partial charge in [-0.15, -0.1) is 0 Å². The van der Waals surface area contributed by atoms with E-state index in [-0.39, 0.29) is 18.2 Å². The molecule has 1 aliphatic rings. The average molecular weight is 327 g/mol. The summed E-state index contributed by atoms with van der Waals surface area (Å²) in [5.74, 6) is 0.635. The van der Waals surface area contributed by atoms with Crippen LogP contribution in [0, 0.1) is 0 Å². The molecule has 1 amide bonds. The number of H-pyrrole nitrogens is 1. The highest BCUT2D eigenvalue weighted by molar-refractivity contribution is 5.77. The smallest absolute Gasteiger partial charge is 0.408 e. The summed E-state index contributed by atoms with van der Waals surface area (Å²) >= 11 is 0. The summed E-state index contributed by atoms with van der Waals surface area (Å²) < 4.78 is 6.70. The zero-order valence-corrected chi connectivity index (χ0v) is 13.0. The van der Waals surface area contributed by atoms with Crippen LogP contribution in [0.3, 0.4) is 0 Å². The Hall–Kier alpha value is -2.90. The molecule has 1 aromatic carbocycles. The molecule has 4 rings (SSSR count). The molecule has 24 heavy (non-hydrogen) atoms. The molecule has 1 fully saturated rings. The van der Waals surface area contributed by atoms with E-state index in [0.29, 0.717) is 25.2 Å². The number of amides is 1. The van der Waals surface area contributed by atoms with Crippen LogP contribution >= 0.6 is 0 Å². The third-order valence-electron chi connectivity index (χ3n) is 4.48. The number of aromatic amines is 1. The first-order valence-electron chi connectivity index (χ1n) is 7.94. The molecule has 3 heterocycles. The number of rotatable bonds is 4. The molecular formula is C16H17N5O3. The normalized spacial score (nSPS) is 17.7. The second-order valence-electron chi connectivity index (χ2n) is 5.93. The van der Waals surface area contributed by atoms with Crippen molar-refractivity contribution in [2.45, 2.75) is 25.3 Å². The Bertz CT molecular complexity index is 911. The van der Waals surface area contributed by atoms with E-state index < -0.39 is 5.76 Å². The zero-order chi connectivity index (χ0) is 16.5. The summed E-state index contributed by atoms with van der Waals surface area (Å²) in [5.41, 5.74) is 1.26. The summed E-state index contributed by atoms with van der Waals surface area (Å²) in [7, 11) is 0. The van der Waals surface area contributed by atoms with Crippen LogP contribution in [-0.2, 0) is 11.3 Å². The molecule has 2 aromatic heterocycles. The monoisotopic (exact) mass is 327 g/mol. The van der Waals surface area contributed by atoms with Gasteiger partial charge in [-0.3, -0.25) is 14.5 Å². The van der Waals surface area contributed by atoms with E-state index in [0.717, 1.165) is 17.8 Å². The number of hydrogen-bond acceptors (Lipinski definition) is 5. The second kappa shape index (κ2) is 5.95. The molecule has 1 aliphatic heterocycles. The molecule has 0 aliphatic carbocycles. The lowest BCUT2D eigenvalue weighted by atomic mass is 10.1. The second-order valence-corrected chi connectivity index (χ2v) is 5.93. The Balaban J connectivity index is 1.42. The number of carbonyl (C=O) groups excluding carboxylic acids is 1. The fraction of sp³-hybridized carbons (Fsp3) is 0.375. The van der Waals surface area contributed by atoms with Crippen molar-refractivity contribution < 1.29 is 9.21 Å². The van der Waals surface area contributed by atoms with E-state index in [4.69, 9.17) is 4.42 Å². The molecule has 8 nitrogen and oxygen atoms in total. The molecule has 1 N–H and O–H groups in total. The Morgan fingerprint density at radius 3 is 3.08 bits per heavy atom. The van der Waals surface area contributed by atoms with Gasteiger partial charge in [-0.25, -0.2) is 9.78 Å². The summed E-state index contributed by atoms with van der Waals surface area (Å²) in [6.45, 7) is 1.65. The van der Waals surface area contributed by atoms with E-state index >= 15 is 0 Å². The summed E-state index contributed by atoms with van der Waals surface area (Å²) in [6.07, 6.45) is 2.62. The highest BCUT2D eigenvalue weighted by Gasteiger charge is 2.28. The summed E-state index contributed by atoms with van der Waals surface area (Å²) in [4.78, 5) is 30.4. The van der Waals surface area contributed by atoms with Crippen molar-refractivity contribution in [3.63, 3.8) is 0 Å². The number of nitrogens with zero attached hydrogens (tertiary/aromatic N) is 4. The molecule has 0 radical (unpaired) electrons. The first-order chi connectivity index (χ1) is 11.7. The van der Waals surface area contributed by atoms with Gasteiger partial charge in [-0.2, -0.15) is 5.10 Å². The van der Waals surface area contributed by atoms with Gasteiger partial charge in [0.1, 0.15) is 12.2 Å². The number of benzene rings is 1. The molecule has 1 unspecified atom stereocenters. The highest BCUT2D eigenvalue weighted by Crippen LogP contribution is 2.24. The van der Waals surface area contributed by atoms with Crippen LogP contribution < -0.4 is 5.76 Å². The lowest BCUT2D eigenvalue weighted by molar-refractivity contribution is -0.130. The number of fused-ring (bicyclic) bond motifs is 1. The predicted molar refractivity (Wildman–Crippen MR) is 85.4 cm³/mol. The van der Waals surface area contributed by atoms with Crippen LogP contribution in [0.2, 0.25) is 0 Å². The number of carbonyl (C=O) groups is 1. The van der Waals surface area contributed by atoms with Crippen LogP contribution in [0.25, 0.3) is 11.1 Å². The van der Waals surface area contributed by atoms with Crippen molar-refractivity contribution >= 4 is 17.0 Å². The van der Waals surface area contributed by atoms with Gasteiger partial charge in [0.25, 0.3) is 0 Å². The van der Waals surface area contributed by atoms with Crippen LogP contribution in [0.1, 0.15) is 24.6 Å². The Kier molecular flexibility index (Phi) is 3.64. The van der Waals surface area contributed by atoms with Crippen LogP contribution in [0.4, 0.5) is 0 Å². The zero-order valence-electron chi connectivity index (χ0n) is 13.0. The minimum absolute atomic E-state index is 0.0363. The van der Waals surface area contributed by atoms with Gasteiger partial charge < -0.3 is 9.32 Å². The van der Waals surface area contributed by atoms with Gasteiger partial charge in [-0.05, 0) is 18.6 Å². The van der Waals surface area contributed by atoms with Crippen molar-refractivity contribution in [1.29, 1.82) is 0 Å². The van der Waals surface area contributed by atoms with E-state index in [2.05, 4.69) is 15.2 Å². The molecule has 0 spiro atoms. The van der Waals surface area contributed by atoms with E-state index in [9.17, 15) is 9.59 Å². The average Bonchev–Trinajstić information content (AvgIpc) is 3.31. The maximum absolute atomic E-state index is 12.4. The van der Waals surface area contributed by atoms with E-state index in [1.165, 1.54) is 10.9 Å². The summed E-state index contributed by atoms with van der Waals surface area (Å²) in [5, 5.41) is 6.72. The van der Waals surface area contributed by atoms with Crippen molar-refractivity contribution in [1.82, 2.24) is 24.6 Å². The summed E-state index contributed by atoms with van der Waals surface area (Å²) in [6, 6.07) is 7.23.